The number of rotatable bonds is 6. The molecule has 1 aliphatic heterocycles. The van der Waals surface area contributed by atoms with Gasteiger partial charge in [-0.1, -0.05) is 38.1 Å². The summed E-state index contributed by atoms with van der Waals surface area (Å²) in [5.74, 6) is -0.260. The Labute approximate surface area is 195 Å². The second-order valence-electron chi connectivity index (χ2n) is 8.24. The van der Waals surface area contributed by atoms with Gasteiger partial charge in [0, 0.05) is 19.2 Å². The number of nitrogens with two attached hydrogens (primary N) is 1. The van der Waals surface area contributed by atoms with E-state index in [1.54, 1.807) is 7.05 Å². The molecule has 1 aliphatic rings. The lowest BCUT2D eigenvalue weighted by atomic mass is 10.0. The topological polar surface area (TPSA) is 93.2 Å². The Hall–Kier alpha value is -2.65. The van der Waals surface area contributed by atoms with Crippen molar-refractivity contribution in [1.82, 2.24) is 20.0 Å². The Balaban J connectivity index is 0.000000464. The molecule has 0 spiro atoms. The zero-order valence-electron chi connectivity index (χ0n) is 20.4. The minimum absolute atomic E-state index is 0.0159. The van der Waals surface area contributed by atoms with Gasteiger partial charge < -0.3 is 15.8 Å². The minimum atomic E-state index is -1.58. The molecule has 0 aliphatic carbocycles. The third-order valence-electron chi connectivity index (χ3n) is 5.35. The first kappa shape index (κ1) is 28.4. The SMILES string of the molecule is CC.CC(C)(F)C(N)C=O.CN1CCCC1C(=O)NCc1ccc(-c2c(F)cnn2C)cc1. The van der Waals surface area contributed by atoms with Gasteiger partial charge in [-0.15, -0.1) is 0 Å². The fourth-order valence-electron chi connectivity index (χ4n) is 3.23. The van der Waals surface area contributed by atoms with Crippen LogP contribution in [0.2, 0.25) is 0 Å². The Bertz CT molecular complexity index is 858. The summed E-state index contributed by atoms with van der Waals surface area (Å²) in [7, 11) is 3.69. The van der Waals surface area contributed by atoms with Gasteiger partial charge in [-0.2, -0.15) is 5.10 Å². The fourth-order valence-corrected chi connectivity index (χ4v) is 3.23. The standard InChI is InChI=1S/C17H21FN4O.C5H10FNO.C2H6/c1-21-9-3-4-15(21)17(23)19-10-12-5-7-13(8-6-12)16-14(18)11-20-22(16)2;1-5(2,6)4(7)3-8;1-2/h5-8,11,15H,3-4,9-10H2,1-2H3,(H,19,23);3-4H,7H2,1-2H3;1-2H3. The van der Waals surface area contributed by atoms with Crippen LogP contribution in [0.1, 0.15) is 46.1 Å². The predicted octanol–water partition coefficient (Wildman–Crippen LogP) is 3.22. The van der Waals surface area contributed by atoms with Crippen LogP contribution in [0.3, 0.4) is 0 Å². The van der Waals surface area contributed by atoms with Gasteiger partial charge >= 0.3 is 0 Å². The quantitative estimate of drug-likeness (QED) is 0.639. The molecule has 0 saturated carbocycles. The molecule has 1 amide bonds. The molecule has 2 atom stereocenters. The van der Waals surface area contributed by atoms with Gasteiger partial charge in [-0.05, 0) is 45.8 Å². The summed E-state index contributed by atoms with van der Waals surface area (Å²) in [5.41, 5.74) is 5.65. The van der Waals surface area contributed by atoms with Crippen LogP contribution in [-0.2, 0) is 23.2 Å². The number of benzene rings is 1. The van der Waals surface area contributed by atoms with Gasteiger partial charge in [0.15, 0.2) is 5.82 Å². The average Bonchev–Trinajstić information content (AvgIpc) is 3.37. The first-order valence-electron chi connectivity index (χ1n) is 11.2. The van der Waals surface area contributed by atoms with E-state index in [0.717, 1.165) is 30.5 Å². The second-order valence-corrected chi connectivity index (χ2v) is 8.24. The summed E-state index contributed by atoms with van der Waals surface area (Å²) in [6.07, 6.45) is 3.60. The molecule has 9 heteroatoms. The van der Waals surface area contributed by atoms with Crippen LogP contribution in [0.15, 0.2) is 30.5 Å². The number of halogens is 2. The number of hydrogen-bond donors (Lipinski definition) is 2. The third kappa shape index (κ3) is 8.33. The molecule has 1 aromatic heterocycles. The number of carbonyl (C=O) groups excluding carboxylic acids is 2. The molecular weight excluding hydrogens is 428 g/mol. The van der Waals surface area contributed by atoms with E-state index in [0.29, 0.717) is 18.5 Å². The number of aromatic nitrogens is 2. The second kappa shape index (κ2) is 13.2. The molecule has 1 fully saturated rings. The van der Waals surface area contributed by atoms with Gasteiger partial charge in [-0.3, -0.25) is 14.4 Å². The number of carbonyl (C=O) groups is 2. The van der Waals surface area contributed by atoms with Gasteiger partial charge in [0.05, 0.1) is 18.3 Å². The van der Waals surface area contributed by atoms with E-state index in [9.17, 15) is 18.4 Å². The smallest absolute Gasteiger partial charge is 0.237 e. The van der Waals surface area contributed by atoms with E-state index < -0.39 is 11.7 Å². The maximum atomic E-state index is 13.7. The lowest BCUT2D eigenvalue weighted by Gasteiger charge is -2.18. The van der Waals surface area contributed by atoms with Crippen LogP contribution >= 0.6 is 0 Å². The van der Waals surface area contributed by atoms with Gasteiger partial charge in [0.1, 0.15) is 17.6 Å². The summed E-state index contributed by atoms with van der Waals surface area (Å²) in [5, 5.41) is 6.88. The van der Waals surface area contributed by atoms with Crippen LogP contribution in [-0.4, -0.2) is 58.2 Å². The fraction of sp³-hybridized carbons (Fsp3) is 0.542. The zero-order valence-corrected chi connectivity index (χ0v) is 20.4. The Morgan fingerprint density at radius 2 is 1.91 bits per heavy atom. The molecule has 3 N–H and O–H groups in total. The van der Waals surface area contributed by atoms with Crippen molar-refractivity contribution in [3.63, 3.8) is 0 Å². The van der Waals surface area contributed by atoms with E-state index >= 15 is 0 Å². The van der Waals surface area contributed by atoms with Crippen molar-refractivity contribution in [1.29, 1.82) is 0 Å². The molecule has 7 nitrogen and oxygen atoms in total. The van der Waals surface area contributed by atoms with Crippen molar-refractivity contribution in [3.05, 3.63) is 41.8 Å². The number of nitrogens with zero attached hydrogens (tertiary/aromatic N) is 3. The summed E-state index contributed by atoms with van der Waals surface area (Å²) >= 11 is 0. The molecule has 2 unspecified atom stereocenters. The molecule has 2 aromatic rings. The number of likely N-dealkylation sites (tertiary alicyclic amines) is 1. The van der Waals surface area contributed by atoms with Gasteiger partial charge in [-0.25, -0.2) is 8.78 Å². The Morgan fingerprint density at radius 1 is 1.30 bits per heavy atom. The molecule has 0 bridgehead atoms. The highest BCUT2D eigenvalue weighted by molar-refractivity contribution is 5.82. The maximum Gasteiger partial charge on any atom is 0.237 e. The number of aryl methyl sites for hydroxylation is 1. The number of likely N-dealkylation sites (N-methyl/N-ethyl adjacent to an activating group) is 1. The zero-order chi connectivity index (χ0) is 25.2. The van der Waals surface area contributed by atoms with Crippen LogP contribution in [0.25, 0.3) is 11.3 Å². The molecule has 33 heavy (non-hydrogen) atoms. The minimum Gasteiger partial charge on any atom is -0.351 e. The molecule has 184 valence electrons. The van der Waals surface area contributed by atoms with Crippen molar-refractivity contribution in [2.24, 2.45) is 12.8 Å². The van der Waals surface area contributed by atoms with E-state index in [4.69, 9.17) is 5.73 Å². The van der Waals surface area contributed by atoms with E-state index in [1.165, 1.54) is 24.7 Å². The summed E-state index contributed by atoms with van der Waals surface area (Å²) in [6.45, 7) is 8.00. The summed E-state index contributed by atoms with van der Waals surface area (Å²) < 4.78 is 27.7. The van der Waals surface area contributed by atoms with E-state index in [1.807, 2.05) is 45.2 Å². The first-order chi connectivity index (χ1) is 15.5. The summed E-state index contributed by atoms with van der Waals surface area (Å²) in [6, 6.07) is 6.49. The number of amides is 1. The van der Waals surface area contributed by atoms with Crippen LogP contribution in [0, 0.1) is 5.82 Å². The molecule has 1 saturated heterocycles. The number of alkyl halides is 1. The van der Waals surface area contributed by atoms with Crippen molar-refractivity contribution in [3.8, 4) is 11.3 Å². The highest BCUT2D eigenvalue weighted by Crippen LogP contribution is 2.22. The maximum absolute atomic E-state index is 13.7. The van der Waals surface area contributed by atoms with Gasteiger partial charge in [0.2, 0.25) is 5.91 Å². The van der Waals surface area contributed by atoms with Crippen LogP contribution < -0.4 is 11.1 Å². The first-order valence-corrected chi connectivity index (χ1v) is 11.2. The molecular formula is C24H37F2N5O2. The molecule has 3 rings (SSSR count). The van der Waals surface area contributed by atoms with E-state index in [2.05, 4.69) is 15.3 Å². The van der Waals surface area contributed by atoms with Crippen molar-refractivity contribution >= 4 is 12.2 Å². The van der Waals surface area contributed by atoms with Crippen molar-refractivity contribution < 1.29 is 18.4 Å². The number of aldehydes is 1. The number of hydrogen-bond acceptors (Lipinski definition) is 5. The Morgan fingerprint density at radius 3 is 2.30 bits per heavy atom. The lowest BCUT2D eigenvalue weighted by molar-refractivity contribution is -0.125. The average molecular weight is 466 g/mol. The molecule has 2 heterocycles. The predicted molar refractivity (Wildman–Crippen MR) is 127 cm³/mol. The number of nitrogens with one attached hydrogen (secondary N) is 1. The lowest BCUT2D eigenvalue weighted by Crippen LogP contribution is -2.41. The normalized spacial score (nSPS) is 16.7. The largest absolute Gasteiger partial charge is 0.351 e. The van der Waals surface area contributed by atoms with Crippen LogP contribution in [0.5, 0.6) is 0 Å². The highest BCUT2D eigenvalue weighted by Gasteiger charge is 2.27. The van der Waals surface area contributed by atoms with Crippen LogP contribution in [0.4, 0.5) is 8.78 Å². The highest BCUT2D eigenvalue weighted by atomic mass is 19.1. The summed E-state index contributed by atoms with van der Waals surface area (Å²) in [4.78, 5) is 24.0. The monoisotopic (exact) mass is 465 g/mol. The third-order valence-corrected chi connectivity index (χ3v) is 5.35. The Kier molecular flexibility index (Phi) is 11.3. The molecule has 1 aromatic carbocycles. The van der Waals surface area contributed by atoms with Crippen molar-refractivity contribution in [2.75, 3.05) is 13.6 Å². The van der Waals surface area contributed by atoms with Crippen molar-refractivity contribution in [2.45, 2.75) is 64.8 Å². The van der Waals surface area contributed by atoms with E-state index in [-0.39, 0.29) is 17.8 Å². The molecule has 0 radical (unpaired) electrons. The van der Waals surface area contributed by atoms with Gasteiger partial charge in [0.25, 0.3) is 0 Å².